The number of aromatic nitrogens is 4. The first kappa shape index (κ1) is 15.2. The van der Waals surface area contributed by atoms with Gasteiger partial charge in [0.1, 0.15) is 11.9 Å². The van der Waals surface area contributed by atoms with Gasteiger partial charge < -0.3 is 10.5 Å². The Labute approximate surface area is 136 Å². The van der Waals surface area contributed by atoms with E-state index in [4.69, 9.17) is 22.1 Å². The Kier molecular flexibility index (Phi) is 4.12. The molecule has 6 nitrogen and oxygen atoms in total. The zero-order valence-electron chi connectivity index (χ0n) is 12.1. The Morgan fingerprint density at radius 2 is 2.13 bits per heavy atom. The van der Waals surface area contributed by atoms with Gasteiger partial charge in [0.2, 0.25) is 0 Å². The lowest BCUT2D eigenvalue weighted by molar-refractivity contribution is 0.226. The van der Waals surface area contributed by atoms with Crippen LogP contribution in [0.15, 0.2) is 42.7 Å². The predicted molar refractivity (Wildman–Crippen MR) is 84.0 cm³/mol. The summed E-state index contributed by atoms with van der Waals surface area (Å²) in [6.45, 7) is 1.77. The van der Waals surface area contributed by atoms with Crippen LogP contribution in [0.25, 0.3) is 5.69 Å². The summed E-state index contributed by atoms with van der Waals surface area (Å²) in [5.74, 6) is 0.0247. The van der Waals surface area contributed by atoms with E-state index < -0.39 is 6.10 Å². The summed E-state index contributed by atoms with van der Waals surface area (Å²) in [5, 5.41) is 11.7. The molecule has 8 heteroatoms. The van der Waals surface area contributed by atoms with Crippen LogP contribution in [0.3, 0.4) is 0 Å². The quantitative estimate of drug-likeness (QED) is 0.793. The standard InChI is InChI=1S/C15H13ClFN5O/c1-9(23-13-8-14(16)20-21-15(13)18)11-7-10(17)3-4-12(11)22-6-2-5-19-22/h2-9H,1H3,(H2,18,21). The molecule has 118 valence electrons. The van der Waals surface area contributed by atoms with Gasteiger partial charge in [-0.2, -0.15) is 5.10 Å². The number of ether oxygens (including phenoxy) is 1. The Hall–Kier alpha value is -2.67. The highest BCUT2D eigenvalue weighted by Gasteiger charge is 2.17. The molecule has 0 saturated carbocycles. The number of anilines is 1. The van der Waals surface area contributed by atoms with Crippen LogP contribution in [-0.4, -0.2) is 20.0 Å². The molecule has 2 N–H and O–H groups in total. The molecule has 23 heavy (non-hydrogen) atoms. The van der Waals surface area contributed by atoms with Crippen LogP contribution in [0.1, 0.15) is 18.6 Å². The molecule has 1 unspecified atom stereocenters. The van der Waals surface area contributed by atoms with Gasteiger partial charge in [0, 0.05) is 24.0 Å². The highest BCUT2D eigenvalue weighted by Crippen LogP contribution is 2.30. The number of hydrogen-bond acceptors (Lipinski definition) is 5. The zero-order valence-corrected chi connectivity index (χ0v) is 12.9. The summed E-state index contributed by atoms with van der Waals surface area (Å²) in [6.07, 6.45) is 2.90. The number of nitrogens with zero attached hydrogens (tertiary/aromatic N) is 4. The highest BCUT2D eigenvalue weighted by atomic mass is 35.5. The second kappa shape index (κ2) is 6.21. The molecule has 3 rings (SSSR count). The van der Waals surface area contributed by atoms with Crippen LogP contribution in [0.5, 0.6) is 5.75 Å². The summed E-state index contributed by atoms with van der Waals surface area (Å²) in [5.41, 5.74) is 7.05. The van der Waals surface area contributed by atoms with E-state index in [9.17, 15) is 4.39 Å². The number of halogens is 2. The van der Waals surface area contributed by atoms with Gasteiger partial charge in [-0.3, -0.25) is 0 Å². The number of nitrogens with two attached hydrogens (primary N) is 1. The number of nitrogen functional groups attached to an aromatic ring is 1. The average molecular weight is 334 g/mol. The van der Waals surface area contributed by atoms with Crippen LogP contribution >= 0.6 is 11.6 Å². The van der Waals surface area contributed by atoms with Crippen molar-refractivity contribution in [3.63, 3.8) is 0 Å². The van der Waals surface area contributed by atoms with Gasteiger partial charge in [-0.15, -0.1) is 10.2 Å². The SMILES string of the molecule is CC(Oc1cc(Cl)nnc1N)c1cc(F)ccc1-n1cccn1. The molecule has 0 spiro atoms. The smallest absolute Gasteiger partial charge is 0.188 e. The normalized spacial score (nSPS) is 12.1. The van der Waals surface area contributed by atoms with Crippen molar-refractivity contribution in [2.75, 3.05) is 5.73 Å². The van der Waals surface area contributed by atoms with Crippen molar-refractivity contribution in [3.05, 3.63) is 59.3 Å². The summed E-state index contributed by atoms with van der Waals surface area (Å²) >= 11 is 5.80. The fourth-order valence-corrected chi connectivity index (χ4v) is 2.32. The van der Waals surface area contributed by atoms with Crippen LogP contribution in [0, 0.1) is 5.82 Å². The first-order chi connectivity index (χ1) is 11.0. The molecule has 2 heterocycles. The lowest BCUT2D eigenvalue weighted by Crippen LogP contribution is -2.11. The van der Waals surface area contributed by atoms with Crippen LogP contribution in [-0.2, 0) is 0 Å². The summed E-state index contributed by atoms with van der Waals surface area (Å²) < 4.78 is 21.1. The molecule has 0 saturated heterocycles. The largest absolute Gasteiger partial charge is 0.482 e. The predicted octanol–water partition coefficient (Wildman–Crippen LogP) is 3.18. The topological polar surface area (TPSA) is 78.9 Å². The van der Waals surface area contributed by atoms with Gasteiger partial charge in [0.25, 0.3) is 0 Å². The van der Waals surface area contributed by atoms with Gasteiger partial charge in [-0.05, 0) is 31.2 Å². The molecule has 0 radical (unpaired) electrons. The van der Waals surface area contributed by atoms with Crippen molar-refractivity contribution < 1.29 is 9.13 Å². The second-order valence-electron chi connectivity index (χ2n) is 4.83. The molecule has 0 bridgehead atoms. The minimum Gasteiger partial charge on any atom is -0.482 e. The second-order valence-corrected chi connectivity index (χ2v) is 5.22. The van der Waals surface area contributed by atoms with E-state index in [1.165, 1.54) is 18.2 Å². The maximum Gasteiger partial charge on any atom is 0.188 e. The molecule has 3 aromatic rings. The molecular weight excluding hydrogens is 321 g/mol. The Morgan fingerprint density at radius 1 is 1.30 bits per heavy atom. The molecular formula is C15H13ClFN5O. The molecule has 0 amide bonds. The average Bonchev–Trinajstić information content (AvgIpc) is 3.05. The maximum absolute atomic E-state index is 13.7. The highest BCUT2D eigenvalue weighted by molar-refractivity contribution is 6.29. The van der Waals surface area contributed by atoms with E-state index in [1.54, 1.807) is 36.1 Å². The lowest BCUT2D eigenvalue weighted by Gasteiger charge is -2.19. The minimum atomic E-state index is -0.507. The Morgan fingerprint density at radius 3 is 2.87 bits per heavy atom. The molecule has 0 aliphatic rings. The summed E-state index contributed by atoms with van der Waals surface area (Å²) in [6, 6.07) is 7.65. The lowest BCUT2D eigenvalue weighted by atomic mass is 10.1. The van der Waals surface area contributed by atoms with Gasteiger partial charge in [-0.1, -0.05) is 11.6 Å². The third-order valence-electron chi connectivity index (χ3n) is 3.24. The van der Waals surface area contributed by atoms with E-state index in [2.05, 4.69) is 15.3 Å². The van der Waals surface area contributed by atoms with Crippen molar-refractivity contribution in [1.82, 2.24) is 20.0 Å². The Bertz CT molecular complexity index is 825. The zero-order chi connectivity index (χ0) is 16.4. The van der Waals surface area contributed by atoms with Crippen LogP contribution < -0.4 is 10.5 Å². The van der Waals surface area contributed by atoms with E-state index >= 15 is 0 Å². The van der Waals surface area contributed by atoms with Gasteiger partial charge in [0.15, 0.2) is 16.7 Å². The third-order valence-corrected chi connectivity index (χ3v) is 3.42. The van der Waals surface area contributed by atoms with Crippen molar-refractivity contribution in [2.45, 2.75) is 13.0 Å². The van der Waals surface area contributed by atoms with Gasteiger partial charge in [-0.25, -0.2) is 9.07 Å². The minimum absolute atomic E-state index is 0.110. The molecule has 0 aliphatic heterocycles. The summed E-state index contributed by atoms with van der Waals surface area (Å²) in [4.78, 5) is 0. The first-order valence-electron chi connectivity index (χ1n) is 6.79. The van der Waals surface area contributed by atoms with E-state index in [1.807, 2.05) is 0 Å². The molecule has 1 atom stereocenters. The maximum atomic E-state index is 13.7. The number of hydrogen-bond donors (Lipinski definition) is 1. The van der Waals surface area contributed by atoms with Crippen molar-refractivity contribution >= 4 is 17.4 Å². The van der Waals surface area contributed by atoms with E-state index in [0.717, 1.165) is 0 Å². The molecule has 0 fully saturated rings. The fraction of sp³-hybridized carbons (Fsp3) is 0.133. The molecule has 0 aliphatic carbocycles. The van der Waals surface area contributed by atoms with Crippen molar-refractivity contribution in [3.8, 4) is 11.4 Å². The number of rotatable bonds is 4. The monoisotopic (exact) mass is 333 g/mol. The third kappa shape index (κ3) is 3.24. The molecule has 2 aromatic heterocycles. The van der Waals surface area contributed by atoms with Gasteiger partial charge >= 0.3 is 0 Å². The van der Waals surface area contributed by atoms with Gasteiger partial charge in [0.05, 0.1) is 5.69 Å². The van der Waals surface area contributed by atoms with Crippen molar-refractivity contribution in [1.29, 1.82) is 0 Å². The Balaban J connectivity index is 1.97. The van der Waals surface area contributed by atoms with Crippen molar-refractivity contribution in [2.24, 2.45) is 0 Å². The van der Waals surface area contributed by atoms with Crippen LogP contribution in [0.4, 0.5) is 10.2 Å². The van der Waals surface area contributed by atoms with E-state index in [0.29, 0.717) is 11.3 Å². The van der Waals surface area contributed by atoms with Crippen LogP contribution in [0.2, 0.25) is 5.15 Å². The number of benzene rings is 1. The summed E-state index contributed by atoms with van der Waals surface area (Å²) in [7, 11) is 0. The van der Waals surface area contributed by atoms with E-state index in [-0.39, 0.29) is 22.5 Å². The first-order valence-corrected chi connectivity index (χ1v) is 7.17. The molecule has 1 aromatic carbocycles. The fourth-order valence-electron chi connectivity index (χ4n) is 2.18.